The van der Waals surface area contributed by atoms with E-state index in [2.05, 4.69) is 26.4 Å². The lowest BCUT2D eigenvalue weighted by atomic mass is 9.85. The smallest absolute Gasteiger partial charge is 0.410 e. The lowest BCUT2D eigenvalue weighted by Gasteiger charge is -2.42. The van der Waals surface area contributed by atoms with Crippen LogP contribution < -0.4 is 25.0 Å². The van der Waals surface area contributed by atoms with Gasteiger partial charge in [0.1, 0.15) is 64.5 Å². The van der Waals surface area contributed by atoms with Crippen molar-refractivity contribution in [3.8, 4) is 46.5 Å². The van der Waals surface area contributed by atoms with Gasteiger partial charge in [0.25, 0.3) is 0 Å². The van der Waals surface area contributed by atoms with Crippen molar-refractivity contribution in [1.29, 1.82) is 0 Å². The predicted molar refractivity (Wildman–Crippen MR) is 335 cm³/mol. The normalized spacial score (nSPS) is 19.9. The number of carbonyl (C=O) groups is 4. The second-order valence-corrected chi connectivity index (χ2v) is 26.0. The van der Waals surface area contributed by atoms with E-state index in [1.807, 2.05) is 25.7 Å². The van der Waals surface area contributed by atoms with Crippen molar-refractivity contribution in [1.82, 2.24) is 40.3 Å². The molecular weight excluding hydrogens is 1190 g/mol. The number of piperazine rings is 1. The van der Waals surface area contributed by atoms with Gasteiger partial charge in [0.05, 0.1) is 54.0 Å². The Morgan fingerprint density at radius 1 is 0.870 bits per heavy atom. The van der Waals surface area contributed by atoms with Crippen LogP contribution in [0.15, 0.2) is 72.9 Å². The molecule has 4 amide bonds. The molecule has 0 radical (unpaired) electrons. The van der Waals surface area contributed by atoms with E-state index in [9.17, 15) is 38.2 Å². The van der Waals surface area contributed by atoms with Crippen molar-refractivity contribution in [2.75, 3.05) is 78.0 Å². The molecule has 7 atom stereocenters. The first-order valence-corrected chi connectivity index (χ1v) is 31.1. The number of rotatable bonds is 22. The number of halogens is 4. The van der Waals surface area contributed by atoms with E-state index in [0.29, 0.717) is 60.6 Å². The molecule has 92 heavy (non-hydrogen) atoms. The SMILES string of the molecule is C#Cc1c(F)ccc2cc(OCOC)cc(-c3ncc4c(N5CC6CCC(C5)N6C(=O)OC(C)(C)C)nc(OC[C@@H]5CCCN5CCCOCCC(=O)N[C@H](C(=O)N5C[C@H](O)C[C@H]5C(=O)N[C@@H](CO)c5ccc(-c6c(F)cccc6F)cc5)C(C)(C)C)nc4c3F)c12. The maximum absolute atomic E-state index is 17.7. The number of fused-ring (bicyclic) bond motifs is 4. The van der Waals surface area contributed by atoms with Crippen molar-refractivity contribution in [3.05, 3.63) is 107 Å². The third kappa shape index (κ3) is 14.8. The molecule has 4 aromatic carbocycles. The Hall–Kier alpha value is -8.21. The largest absolute Gasteiger partial charge is 0.468 e. The average molecular weight is 1270 g/mol. The number of nitrogens with one attached hydrogen (secondary N) is 2. The van der Waals surface area contributed by atoms with Gasteiger partial charge in [-0.2, -0.15) is 9.97 Å². The summed E-state index contributed by atoms with van der Waals surface area (Å²) >= 11 is 0. The van der Waals surface area contributed by atoms with Crippen molar-refractivity contribution >= 4 is 51.3 Å². The summed E-state index contributed by atoms with van der Waals surface area (Å²) in [4.78, 5) is 76.8. The van der Waals surface area contributed by atoms with Gasteiger partial charge in [-0.05, 0) is 112 Å². The number of anilines is 1. The minimum atomic E-state index is -1.14. The van der Waals surface area contributed by atoms with Gasteiger partial charge >= 0.3 is 12.1 Å². The summed E-state index contributed by atoms with van der Waals surface area (Å²) in [6.45, 7) is 12.6. The molecule has 6 heterocycles. The summed E-state index contributed by atoms with van der Waals surface area (Å²) in [5.41, 5.74) is -1.22. The number of carbonyl (C=O) groups excluding carboxylic acids is 4. The third-order valence-corrected chi connectivity index (χ3v) is 17.3. The number of terminal acetylenes is 1. The Labute approximate surface area is 531 Å². The quantitative estimate of drug-likeness (QED) is 0.0216. The first-order valence-electron chi connectivity index (χ1n) is 31.1. The lowest BCUT2D eigenvalue weighted by molar-refractivity contribution is -0.144. The number of likely N-dealkylation sites (tertiary alicyclic amines) is 2. The molecule has 4 aliphatic heterocycles. The van der Waals surface area contributed by atoms with Gasteiger partial charge in [0.2, 0.25) is 17.7 Å². The van der Waals surface area contributed by atoms with Crippen LogP contribution in [0, 0.1) is 41.0 Å². The lowest BCUT2D eigenvalue weighted by Crippen LogP contribution is -2.58. The molecule has 2 unspecified atom stereocenters. The highest BCUT2D eigenvalue weighted by atomic mass is 19.1. The molecule has 24 heteroatoms. The molecule has 6 aromatic rings. The molecule has 4 N–H and O–H groups in total. The van der Waals surface area contributed by atoms with Gasteiger partial charge < -0.3 is 54.3 Å². The Morgan fingerprint density at radius 2 is 1.60 bits per heavy atom. The fourth-order valence-electron chi connectivity index (χ4n) is 12.9. The number of β-amino-alcohol motifs (C(OH)–C–C–N with tert-alkyl or cyclic N) is 1. The zero-order valence-corrected chi connectivity index (χ0v) is 52.8. The highest BCUT2D eigenvalue weighted by molar-refractivity contribution is 6.03. The standard InChI is InChI=1S/C68H79F4N9O11/c1-9-47-50(69)23-20-41-29-46(91-38-88-8)31-48(56(41)47)59-58(72)60-49(32-73-59)62(79-33-42-21-22-43(34-79)81(42)66(87)92-68(5,6)7)77-65(76-60)90-37-44-13-11-25-78(44)26-12-27-89-28-24-55(84)75-61(67(2,3)4)64(86)80-35-45(83)30-54(80)63(85)74-53(36-82)39-16-18-40(19-17-39)57-51(70)14-10-15-52(57)71/h1,10,14-20,23,29,31-32,42-45,53-54,61,82-83H,11-13,21-22,24-28,30,33-38H2,2-8H3,(H,74,85)(H,75,84)/t42?,43?,44-,45+,53-,54-,61+/m0/s1. The van der Waals surface area contributed by atoms with Crippen LogP contribution >= 0.6 is 0 Å². The minimum Gasteiger partial charge on any atom is -0.468 e. The van der Waals surface area contributed by atoms with Crippen LogP contribution in [-0.4, -0.2) is 179 Å². The first kappa shape index (κ1) is 66.7. The minimum absolute atomic E-state index is 0.0494. The number of benzene rings is 4. The van der Waals surface area contributed by atoms with Gasteiger partial charge in [-0.25, -0.2) is 22.4 Å². The van der Waals surface area contributed by atoms with Crippen LogP contribution in [0.25, 0.3) is 44.1 Å². The molecule has 0 spiro atoms. The van der Waals surface area contributed by atoms with Crippen LogP contribution in [0.3, 0.4) is 0 Å². The highest BCUT2D eigenvalue weighted by Crippen LogP contribution is 2.42. The molecule has 0 aliphatic carbocycles. The Morgan fingerprint density at radius 3 is 2.27 bits per heavy atom. The summed E-state index contributed by atoms with van der Waals surface area (Å²) in [6, 6.07) is 11.7. The Balaban J connectivity index is 0.772. The molecule has 4 aliphatic rings. The topological polar surface area (TPSA) is 231 Å². The van der Waals surface area contributed by atoms with Gasteiger partial charge in [-0.1, -0.05) is 63.1 Å². The van der Waals surface area contributed by atoms with Crippen molar-refractivity contribution in [2.24, 2.45) is 5.41 Å². The summed E-state index contributed by atoms with van der Waals surface area (Å²) in [7, 11) is 1.46. The monoisotopic (exact) mass is 1270 g/mol. The zero-order chi connectivity index (χ0) is 65.8. The second-order valence-electron chi connectivity index (χ2n) is 26.0. The highest BCUT2D eigenvalue weighted by Gasteiger charge is 2.47. The molecule has 20 nitrogen and oxygen atoms in total. The molecule has 0 saturated carbocycles. The summed E-state index contributed by atoms with van der Waals surface area (Å²) in [5, 5.41) is 27.7. The van der Waals surface area contributed by atoms with Crippen molar-refractivity contribution in [3.63, 3.8) is 0 Å². The molecule has 4 saturated heterocycles. The van der Waals surface area contributed by atoms with Crippen molar-refractivity contribution < 1.29 is 70.6 Å². The van der Waals surface area contributed by atoms with E-state index in [-0.39, 0.29) is 102 Å². The van der Waals surface area contributed by atoms with Crippen LogP contribution in [0.4, 0.5) is 28.2 Å². The molecule has 490 valence electrons. The number of aliphatic hydroxyl groups excluding tert-OH is 2. The number of methoxy groups -OCH3 is 1. The maximum Gasteiger partial charge on any atom is 0.410 e. The van der Waals surface area contributed by atoms with Crippen molar-refractivity contribution in [2.45, 2.75) is 134 Å². The third-order valence-electron chi connectivity index (χ3n) is 17.3. The zero-order valence-electron chi connectivity index (χ0n) is 52.8. The Kier molecular flexibility index (Phi) is 20.5. The molecular formula is C68H79F4N9O11. The van der Waals surface area contributed by atoms with Gasteiger partial charge in [0.15, 0.2) is 12.6 Å². The molecule has 2 aromatic heterocycles. The predicted octanol–water partition coefficient (Wildman–Crippen LogP) is 8.60. The van der Waals surface area contributed by atoms with E-state index in [4.69, 9.17) is 40.1 Å². The number of amides is 4. The van der Waals surface area contributed by atoms with E-state index in [1.165, 1.54) is 66.7 Å². The van der Waals surface area contributed by atoms with Gasteiger partial charge in [0, 0.05) is 75.9 Å². The number of hydrogen-bond acceptors (Lipinski definition) is 16. The number of nitrogens with zero attached hydrogens (tertiary/aromatic N) is 7. The summed E-state index contributed by atoms with van der Waals surface area (Å²) in [6.07, 6.45) is 9.49. The summed E-state index contributed by atoms with van der Waals surface area (Å²) < 4.78 is 91.2. The van der Waals surface area contributed by atoms with Crippen LogP contribution in [0.5, 0.6) is 11.8 Å². The number of pyridine rings is 1. The van der Waals surface area contributed by atoms with Crippen LogP contribution in [-0.2, 0) is 28.6 Å². The van der Waals surface area contributed by atoms with E-state index in [1.54, 1.807) is 31.7 Å². The van der Waals surface area contributed by atoms with Gasteiger partial charge in [-0.3, -0.25) is 29.2 Å². The van der Waals surface area contributed by atoms with E-state index < -0.39 is 88.9 Å². The fraction of sp³-hybridized carbons (Fsp3) is 0.485. The fourth-order valence-corrected chi connectivity index (χ4v) is 12.9. The van der Waals surface area contributed by atoms with Crippen LogP contribution in [0.1, 0.15) is 104 Å². The molecule has 2 bridgehead atoms. The van der Waals surface area contributed by atoms with E-state index >= 15 is 8.78 Å². The summed E-state index contributed by atoms with van der Waals surface area (Å²) in [5.74, 6) is -1.56. The average Bonchev–Trinajstić information content (AvgIpc) is 0.949. The first-order chi connectivity index (χ1) is 43.9. The second kappa shape index (κ2) is 28.3. The number of aliphatic hydroxyl groups is 2. The maximum atomic E-state index is 17.7. The number of ether oxygens (including phenoxy) is 5. The van der Waals surface area contributed by atoms with E-state index in [0.717, 1.165) is 44.4 Å². The van der Waals surface area contributed by atoms with Crippen LogP contribution in [0.2, 0.25) is 0 Å². The molecule has 10 rings (SSSR count). The number of aromatic nitrogens is 3. The number of hydrogen-bond donors (Lipinski definition) is 4. The molecule has 4 fully saturated rings. The van der Waals surface area contributed by atoms with Gasteiger partial charge in [-0.15, -0.1) is 6.42 Å². The Bertz CT molecular complexity index is 3710.